The van der Waals surface area contributed by atoms with Gasteiger partial charge in [-0.2, -0.15) is 0 Å². The molecular weight excluding hydrogens is 426 g/mol. The van der Waals surface area contributed by atoms with Crippen LogP contribution in [0, 0.1) is 5.92 Å². The molecule has 25 heavy (non-hydrogen) atoms. The second kappa shape index (κ2) is 8.20. The van der Waals surface area contributed by atoms with Gasteiger partial charge >= 0.3 is 146 Å². The van der Waals surface area contributed by atoms with E-state index in [1.807, 2.05) is 0 Å². The summed E-state index contributed by atoms with van der Waals surface area (Å²) in [4.78, 5) is 0. The Labute approximate surface area is 170 Å². The first-order chi connectivity index (χ1) is 10.7. The Morgan fingerprint density at radius 2 is 1.28 bits per heavy atom. The molecule has 3 aliphatic rings. The van der Waals surface area contributed by atoms with Gasteiger partial charge < -0.3 is 24.8 Å². The van der Waals surface area contributed by atoms with Gasteiger partial charge in [-0.1, -0.05) is 0 Å². The second-order valence-corrected chi connectivity index (χ2v) is 16.7. The molecule has 1 unspecified atom stereocenters. The molecule has 0 radical (unpaired) electrons. The van der Waals surface area contributed by atoms with Crippen molar-refractivity contribution in [1.82, 2.24) is 0 Å². The molecule has 0 saturated carbocycles. The minimum atomic E-state index is -3.00. The van der Waals surface area contributed by atoms with Crippen molar-refractivity contribution in [3.8, 4) is 0 Å². The minimum Gasteiger partial charge on any atom is -1.00 e. The molecule has 1 atom stereocenters. The van der Waals surface area contributed by atoms with Crippen molar-refractivity contribution in [2.75, 3.05) is 0 Å². The summed E-state index contributed by atoms with van der Waals surface area (Å²) in [5.41, 5.74) is 7.48. The summed E-state index contributed by atoms with van der Waals surface area (Å²) in [5.74, 6) is 0.561. The maximum absolute atomic E-state index is 5.10. The van der Waals surface area contributed by atoms with Gasteiger partial charge in [0.1, 0.15) is 0 Å². The first-order valence-corrected chi connectivity index (χ1v) is 14.2. The van der Waals surface area contributed by atoms with E-state index in [1.165, 1.54) is 27.9 Å². The quantitative estimate of drug-likeness (QED) is 0.575. The van der Waals surface area contributed by atoms with Crippen LogP contribution in [-0.2, 0) is 19.8 Å². The fourth-order valence-corrected chi connectivity index (χ4v) is 17.2. The molecule has 135 valence electrons. The average Bonchev–Trinajstić information content (AvgIpc) is 3.07. The van der Waals surface area contributed by atoms with Gasteiger partial charge in [0, 0.05) is 0 Å². The zero-order valence-electron chi connectivity index (χ0n) is 16.3. The normalized spacial score (nSPS) is 22.4. The maximum atomic E-state index is 5.10. The predicted molar refractivity (Wildman–Crippen MR) is 100 cm³/mol. The first kappa shape index (κ1) is 22.8. The van der Waals surface area contributed by atoms with Crippen LogP contribution in [0.15, 0.2) is 62.0 Å². The molecule has 0 bridgehead atoms. The summed E-state index contributed by atoms with van der Waals surface area (Å²) < 4.78 is 10.2. The SMILES string of the molecule is [CH2]=[Zr+2]([C]1=CC(C)=CC1C)([C]1=C(C)C=C(C)C1)[C]1=C(C)C=C(C)C1.[Cl-].[Cl-]. The maximum Gasteiger partial charge on any atom is -1.00 e. The van der Waals surface area contributed by atoms with Gasteiger partial charge in [0.25, 0.3) is 0 Å². The Kier molecular flexibility index (Phi) is 7.48. The van der Waals surface area contributed by atoms with Gasteiger partial charge in [-0.15, -0.1) is 0 Å². The Morgan fingerprint density at radius 1 is 0.840 bits per heavy atom. The van der Waals surface area contributed by atoms with Crippen LogP contribution in [0.2, 0.25) is 0 Å². The molecule has 0 saturated heterocycles. The van der Waals surface area contributed by atoms with Crippen LogP contribution in [0.25, 0.3) is 0 Å². The molecule has 3 aliphatic carbocycles. The van der Waals surface area contributed by atoms with Crippen LogP contribution in [0.5, 0.6) is 0 Å². The summed E-state index contributed by atoms with van der Waals surface area (Å²) >= 11 is -3.00. The number of rotatable bonds is 3. The van der Waals surface area contributed by atoms with E-state index in [1.54, 1.807) is 9.84 Å². The fourth-order valence-electron chi connectivity index (χ4n) is 4.78. The Bertz CT molecular complexity index is 767. The Balaban J connectivity index is 0.00000156. The van der Waals surface area contributed by atoms with Crippen LogP contribution >= 0.6 is 0 Å². The van der Waals surface area contributed by atoms with Crippen molar-refractivity contribution in [3.05, 3.63) is 62.0 Å². The summed E-state index contributed by atoms with van der Waals surface area (Å²) in [5, 5.41) is 0. The largest absolute Gasteiger partial charge is 1.00 e. The summed E-state index contributed by atoms with van der Waals surface area (Å²) in [6, 6.07) is 0. The van der Waals surface area contributed by atoms with Crippen molar-refractivity contribution >= 4 is 4.21 Å². The topological polar surface area (TPSA) is 0 Å². The summed E-state index contributed by atoms with van der Waals surface area (Å²) in [6.45, 7) is 13.8. The van der Waals surface area contributed by atoms with Crippen molar-refractivity contribution in [1.29, 1.82) is 0 Å². The molecule has 3 rings (SSSR count). The second-order valence-electron chi connectivity index (χ2n) is 7.86. The molecule has 0 N–H and O–H groups in total. The predicted octanol–water partition coefficient (Wildman–Crippen LogP) is 0.308. The third-order valence-electron chi connectivity index (χ3n) is 5.70. The van der Waals surface area contributed by atoms with Gasteiger partial charge in [-0.25, -0.2) is 0 Å². The van der Waals surface area contributed by atoms with E-state index in [2.05, 4.69) is 65.8 Å². The molecule has 0 aromatic rings. The molecule has 0 aromatic carbocycles. The molecular formula is C22H29Cl2Zr. The van der Waals surface area contributed by atoms with Crippen LogP contribution in [0.3, 0.4) is 0 Å². The molecule has 0 aliphatic heterocycles. The summed E-state index contributed by atoms with van der Waals surface area (Å²) in [7, 11) is 0. The van der Waals surface area contributed by atoms with E-state index in [9.17, 15) is 0 Å². The monoisotopic (exact) mass is 453 g/mol. The average molecular weight is 456 g/mol. The molecule has 0 spiro atoms. The van der Waals surface area contributed by atoms with Crippen molar-refractivity contribution in [2.45, 2.75) is 54.4 Å². The molecule has 0 fully saturated rings. The third kappa shape index (κ3) is 3.90. The smallest absolute Gasteiger partial charge is 1.00 e. The zero-order chi connectivity index (χ0) is 16.9. The van der Waals surface area contributed by atoms with Crippen LogP contribution in [0.4, 0.5) is 0 Å². The van der Waals surface area contributed by atoms with E-state index in [0.717, 1.165) is 12.8 Å². The van der Waals surface area contributed by atoms with Crippen molar-refractivity contribution in [2.24, 2.45) is 5.92 Å². The standard InChI is InChI=1S/3C7H9.CH2.2ClH.Zr/c3*1-6-3-4-7(2)5-6;;;;/h2*5H,3H2,1-2H3;3,5,7H,1-2H3;1H2;2*1H;/q;;;;;;+2/p-2. The van der Waals surface area contributed by atoms with Crippen LogP contribution < -0.4 is 24.8 Å². The van der Waals surface area contributed by atoms with Gasteiger partial charge in [0.05, 0.1) is 0 Å². The number of allylic oxidation sites excluding steroid dienone is 12. The van der Waals surface area contributed by atoms with Gasteiger partial charge in [-0.05, 0) is 0 Å². The van der Waals surface area contributed by atoms with Gasteiger partial charge in [-0.3, -0.25) is 0 Å². The zero-order valence-corrected chi connectivity index (χ0v) is 20.2. The Morgan fingerprint density at radius 3 is 1.56 bits per heavy atom. The van der Waals surface area contributed by atoms with E-state index in [4.69, 9.17) is 4.21 Å². The van der Waals surface area contributed by atoms with Crippen molar-refractivity contribution < 1.29 is 44.6 Å². The molecule has 0 heterocycles. The summed E-state index contributed by atoms with van der Waals surface area (Å²) in [6.07, 6.45) is 12.0. The molecule has 3 heteroatoms. The minimum absolute atomic E-state index is 0. The van der Waals surface area contributed by atoms with E-state index < -0.39 is 19.8 Å². The van der Waals surface area contributed by atoms with E-state index >= 15 is 0 Å². The Hall–Kier alpha value is -0.227. The molecule has 0 amide bonds. The number of hydrogen-bond acceptors (Lipinski definition) is 0. The molecule has 0 nitrogen and oxygen atoms in total. The number of hydrogen-bond donors (Lipinski definition) is 0. The van der Waals surface area contributed by atoms with Crippen molar-refractivity contribution in [3.63, 3.8) is 0 Å². The van der Waals surface area contributed by atoms with E-state index in [-0.39, 0.29) is 24.8 Å². The van der Waals surface area contributed by atoms with Gasteiger partial charge in [0.15, 0.2) is 0 Å². The van der Waals surface area contributed by atoms with E-state index in [0.29, 0.717) is 5.92 Å². The van der Waals surface area contributed by atoms with Crippen LogP contribution in [-0.4, -0.2) is 4.21 Å². The fraction of sp³-hybridized carbons (Fsp3) is 0.409. The van der Waals surface area contributed by atoms with Gasteiger partial charge in [0.2, 0.25) is 0 Å². The third-order valence-corrected chi connectivity index (χ3v) is 17.5. The molecule has 0 aromatic heterocycles. The number of halogens is 2. The first-order valence-electron chi connectivity index (χ1n) is 8.74. The van der Waals surface area contributed by atoms with Crippen LogP contribution in [0.1, 0.15) is 54.4 Å².